The monoisotopic (exact) mass is 770 g/mol. The molecule has 0 amide bonds. The van der Waals surface area contributed by atoms with Crippen LogP contribution in [0.3, 0.4) is 0 Å². The highest BCUT2D eigenvalue weighted by atomic mass is 16.7. The van der Waals surface area contributed by atoms with Gasteiger partial charge in [-0.05, 0) is 157 Å². The minimum absolute atomic E-state index is 0.148. The Kier molecular flexibility index (Phi) is 8.12. The highest BCUT2D eigenvalue weighted by Crippen LogP contribution is 2.66. The Morgan fingerprint density at radius 1 is 0.576 bits per heavy atom. The highest BCUT2D eigenvalue weighted by molar-refractivity contribution is 6.62. The molecule has 59 heavy (non-hydrogen) atoms. The van der Waals surface area contributed by atoms with Crippen molar-refractivity contribution < 1.29 is 9.31 Å². The van der Waals surface area contributed by atoms with Gasteiger partial charge in [0.2, 0.25) is 0 Å². The Morgan fingerprint density at radius 3 is 1.64 bits per heavy atom. The number of fused-ring (bicyclic) bond motifs is 3. The summed E-state index contributed by atoms with van der Waals surface area (Å²) in [4.78, 5) is 15.4. The second-order valence-corrected chi connectivity index (χ2v) is 19.0. The number of hydrogen-bond donors (Lipinski definition) is 0. The number of aromatic nitrogens is 3. The van der Waals surface area contributed by atoms with E-state index in [1.54, 1.807) is 0 Å². The lowest BCUT2D eigenvalue weighted by molar-refractivity contribution is -0.0281. The first-order valence-electron chi connectivity index (χ1n) is 21.3. The van der Waals surface area contributed by atoms with Crippen LogP contribution in [0, 0.1) is 23.2 Å². The maximum Gasteiger partial charge on any atom is 0.494 e. The summed E-state index contributed by atoms with van der Waals surface area (Å²) in [5.41, 5.74) is 7.01. The molecule has 2 heterocycles. The van der Waals surface area contributed by atoms with E-state index in [1.807, 2.05) is 24.3 Å². The van der Waals surface area contributed by atoms with Gasteiger partial charge in [0.1, 0.15) is 0 Å². The summed E-state index contributed by atoms with van der Waals surface area (Å²) in [6.07, 6.45) is 7.58. The number of benzene rings is 6. The van der Waals surface area contributed by atoms with Crippen LogP contribution in [0.5, 0.6) is 0 Å². The van der Waals surface area contributed by atoms with Gasteiger partial charge in [-0.15, -0.1) is 0 Å². The maximum absolute atomic E-state index is 9.51. The van der Waals surface area contributed by atoms with Crippen LogP contribution in [0.2, 0.25) is 0 Å². The van der Waals surface area contributed by atoms with Crippen molar-refractivity contribution in [2.75, 3.05) is 0 Å². The molecule has 4 aliphatic carbocycles. The predicted octanol–water partition coefficient (Wildman–Crippen LogP) is 11.1. The molecule has 5 aliphatic rings. The van der Waals surface area contributed by atoms with E-state index in [0.717, 1.165) is 44.8 Å². The Hall–Kier alpha value is -5.68. The van der Waals surface area contributed by atoms with Gasteiger partial charge in [0.25, 0.3) is 0 Å². The van der Waals surface area contributed by atoms with E-state index in [2.05, 4.69) is 137 Å². The van der Waals surface area contributed by atoms with Gasteiger partial charge in [-0.1, -0.05) is 97.1 Å². The zero-order chi connectivity index (χ0) is 40.1. The van der Waals surface area contributed by atoms with Crippen molar-refractivity contribution in [2.24, 2.45) is 11.8 Å². The van der Waals surface area contributed by atoms with E-state index in [1.165, 1.54) is 60.4 Å². The third kappa shape index (κ3) is 5.94. The largest absolute Gasteiger partial charge is 0.494 e. The van der Waals surface area contributed by atoms with Gasteiger partial charge in [-0.25, -0.2) is 15.0 Å². The Labute approximate surface area is 346 Å². The summed E-state index contributed by atoms with van der Waals surface area (Å²) >= 11 is 0. The van der Waals surface area contributed by atoms with Crippen LogP contribution in [0.25, 0.3) is 55.7 Å². The number of hydrogen-bond acceptors (Lipinski definition) is 6. The molecule has 12 rings (SSSR count). The van der Waals surface area contributed by atoms with Gasteiger partial charge in [0, 0.05) is 16.7 Å². The van der Waals surface area contributed by atoms with Gasteiger partial charge in [-0.2, -0.15) is 5.26 Å². The molecule has 1 aliphatic heterocycles. The molecular formula is C52H47BN4O2. The molecule has 1 saturated heterocycles. The molecule has 6 aromatic carbocycles. The predicted molar refractivity (Wildman–Crippen MR) is 236 cm³/mol. The lowest BCUT2D eigenvalue weighted by Crippen LogP contribution is -2.56. The van der Waals surface area contributed by atoms with Crippen LogP contribution in [0.1, 0.15) is 82.9 Å². The molecule has 0 radical (unpaired) electrons. The molecule has 0 N–H and O–H groups in total. The number of nitrogens with zero attached hydrogens (tertiary/aromatic N) is 4. The van der Waals surface area contributed by atoms with Crippen molar-refractivity contribution in [3.05, 3.63) is 144 Å². The second kappa shape index (κ2) is 13.2. The highest BCUT2D eigenvalue weighted by Gasteiger charge is 2.59. The normalized spacial score (nSPS) is 25.1. The molecule has 0 spiro atoms. The summed E-state index contributed by atoms with van der Waals surface area (Å²) in [6.45, 7) is 8.47. The lowest BCUT2D eigenvalue weighted by Gasteiger charge is -2.63. The fourth-order valence-electron chi connectivity index (χ4n) is 11.6. The topological polar surface area (TPSA) is 80.9 Å². The molecule has 7 aromatic rings. The van der Waals surface area contributed by atoms with Crippen molar-refractivity contribution in [2.45, 2.75) is 88.3 Å². The van der Waals surface area contributed by atoms with E-state index >= 15 is 0 Å². The molecule has 7 heteroatoms. The fourth-order valence-corrected chi connectivity index (χ4v) is 11.6. The molecule has 5 fully saturated rings. The molecular weight excluding hydrogens is 723 g/mol. The van der Waals surface area contributed by atoms with Crippen molar-refractivity contribution in [3.63, 3.8) is 0 Å². The summed E-state index contributed by atoms with van der Waals surface area (Å²) in [5.74, 6) is 3.33. The van der Waals surface area contributed by atoms with E-state index in [-0.39, 0.29) is 29.2 Å². The van der Waals surface area contributed by atoms with Gasteiger partial charge in [-0.3, -0.25) is 0 Å². The average Bonchev–Trinajstić information content (AvgIpc) is 3.48. The summed E-state index contributed by atoms with van der Waals surface area (Å²) < 4.78 is 12.8. The first kappa shape index (κ1) is 36.4. The fraction of sp³-hybridized carbons (Fsp3) is 0.308. The molecule has 1 aromatic heterocycles. The third-order valence-electron chi connectivity index (χ3n) is 14.8. The standard InChI is InChI=1S/C52H47BN4O2/c1-49(2)50(3,4)59-53(58-49)41-23-21-40(22-24-41)52-29-34-25-35(30-52)28-51(27-34,32-52)39-19-17-37(18-20-39)47-55-46(36-15-13-33(31-54)14-16-36)56-48(57-47)45-26-38-9-5-6-10-42(38)43-11-7-8-12-44(43)45/h5-24,26,34-35H,25,27-30,32H2,1-4H3. The number of nitriles is 1. The van der Waals surface area contributed by atoms with Gasteiger partial charge >= 0.3 is 7.12 Å². The zero-order valence-electron chi connectivity index (χ0n) is 34.2. The van der Waals surface area contributed by atoms with E-state index < -0.39 is 0 Å². The van der Waals surface area contributed by atoms with Crippen molar-refractivity contribution in [1.82, 2.24) is 15.0 Å². The Bertz CT molecular complexity index is 2800. The minimum atomic E-state index is -0.358. The van der Waals surface area contributed by atoms with Crippen molar-refractivity contribution in [1.29, 1.82) is 5.26 Å². The molecule has 4 saturated carbocycles. The Balaban J connectivity index is 0.952. The second-order valence-electron chi connectivity index (χ2n) is 19.0. The van der Waals surface area contributed by atoms with E-state index in [9.17, 15) is 5.26 Å². The van der Waals surface area contributed by atoms with Crippen LogP contribution in [0.4, 0.5) is 0 Å². The molecule has 6 nitrogen and oxygen atoms in total. The summed E-state index contributed by atoms with van der Waals surface area (Å²) in [6, 6.07) is 47.4. The lowest BCUT2D eigenvalue weighted by atomic mass is 9.41. The summed E-state index contributed by atoms with van der Waals surface area (Å²) in [5, 5.41) is 14.1. The van der Waals surface area contributed by atoms with E-state index in [4.69, 9.17) is 24.3 Å². The van der Waals surface area contributed by atoms with Crippen molar-refractivity contribution >= 4 is 34.1 Å². The third-order valence-corrected chi connectivity index (χ3v) is 14.8. The molecule has 2 unspecified atom stereocenters. The smallest absolute Gasteiger partial charge is 0.399 e. The average molecular weight is 771 g/mol. The van der Waals surface area contributed by atoms with Crippen LogP contribution >= 0.6 is 0 Å². The van der Waals surface area contributed by atoms with E-state index in [0.29, 0.717) is 23.0 Å². The molecule has 2 atom stereocenters. The van der Waals surface area contributed by atoms with Crippen LogP contribution < -0.4 is 5.46 Å². The van der Waals surface area contributed by atoms with Crippen LogP contribution in [-0.2, 0) is 20.1 Å². The van der Waals surface area contributed by atoms with Gasteiger partial charge in [0.05, 0.1) is 22.8 Å². The van der Waals surface area contributed by atoms with Crippen molar-refractivity contribution in [3.8, 4) is 40.2 Å². The quantitative estimate of drug-likeness (QED) is 0.124. The molecule has 4 bridgehead atoms. The zero-order valence-corrected chi connectivity index (χ0v) is 34.2. The maximum atomic E-state index is 9.51. The SMILES string of the molecule is CC1(C)OB(c2ccc(C34CC5CC(C3)CC(c3ccc(-c6nc(-c7ccc(C#N)cc7)nc(-c7cc8ccccc8c8ccccc78)n6)cc3)(C5)C4)cc2)OC1(C)C. The minimum Gasteiger partial charge on any atom is -0.399 e. The van der Waals surface area contributed by atoms with Gasteiger partial charge in [0.15, 0.2) is 17.5 Å². The Morgan fingerprint density at radius 2 is 1.07 bits per heavy atom. The first-order chi connectivity index (χ1) is 28.5. The molecule has 290 valence electrons. The first-order valence-corrected chi connectivity index (χ1v) is 21.3. The number of rotatable bonds is 6. The van der Waals surface area contributed by atoms with Crippen LogP contribution in [-0.4, -0.2) is 33.3 Å². The summed E-state index contributed by atoms with van der Waals surface area (Å²) in [7, 11) is -0.345. The van der Waals surface area contributed by atoms with Crippen LogP contribution in [0.15, 0.2) is 127 Å². The van der Waals surface area contributed by atoms with Gasteiger partial charge < -0.3 is 9.31 Å².